The second-order valence-corrected chi connectivity index (χ2v) is 13.9. The number of benzene rings is 4. The van der Waals surface area contributed by atoms with E-state index in [1.54, 1.807) is 36.4 Å². The first-order valence-electron chi connectivity index (χ1n) is 15.3. The number of hydrogen-bond acceptors (Lipinski definition) is 4. The van der Waals surface area contributed by atoms with Crippen molar-refractivity contribution in [3.63, 3.8) is 0 Å². The zero-order valence-corrected chi connectivity index (χ0v) is 27.2. The Morgan fingerprint density at radius 2 is 1.59 bits per heavy atom. The Morgan fingerprint density at radius 1 is 0.913 bits per heavy atom. The van der Waals surface area contributed by atoms with Gasteiger partial charge in [-0.25, -0.2) is 12.8 Å². The maximum atomic E-state index is 15.1. The molecule has 0 aliphatic heterocycles. The van der Waals surface area contributed by atoms with E-state index in [1.807, 2.05) is 43.3 Å². The number of nitrogens with one attached hydrogen (secondary N) is 1. The largest absolute Gasteiger partial charge is 0.352 e. The molecule has 1 aliphatic rings. The average Bonchev–Trinajstić information content (AvgIpc) is 3.56. The SMILES string of the molecule is Cc1cccc(N(CC(=O)N(Cc2ccccc2F)[C@@H](Cc2ccccc2)C(=O)NC2CCCC2)S(=O)(=O)c2ccc(Cl)cc2)c1. The molecular formula is C36H37ClFN3O4S. The second kappa shape index (κ2) is 14.9. The van der Waals surface area contributed by atoms with Crippen LogP contribution >= 0.6 is 11.6 Å². The van der Waals surface area contributed by atoms with Gasteiger partial charge in [-0.2, -0.15) is 0 Å². The normalized spacial score (nSPS) is 14.1. The summed E-state index contributed by atoms with van der Waals surface area (Å²) in [6, 6.07) is 26.9. The third-order valence-electron chi connectivity index (χ3n) is 8.24. The molecule has 0 spiro atoms. The van der Waals surface area contributed by atoms with Crippen molar-refractivity contribution in [1.29, 1.82) is 0 Å². The summed E-state index contributed by atoms with van der Waals surface area (Å²) in [5, 5.41) is 3.48. The molecule has 0 heterocycles. The summed E-state index contributed by atoms with van der Waals surface area (Å²) < 4.78 is 44.4. The molecule has 4 aromatic carbocycles. The number of halogens is 2. The molecule has 0 saturated heterocycles. The molecule has 1 fully saturated rings. The van der Waals surface area contributed by atoms with Gasteiger partial charge < -0.3 is 10.2 Å². The monoisotopic (exact) mass is 661 g/mol. The first-order chi connectivity index (χ1) is 22.1. The van der Waals surface area contributed by atoms with Gasteiger partial charge in [0.05, 0.1) is 10.6 Å². The van der Waals surface area contributed by atoms with Gasteiger partial charge in [0.25, 0.3) is 10.0 Å². The highest BCUT2D eigenvalue weighted by Gasteiger charge is 2.36. The molecule has 0 unspecified atom stereocenters. The summed E-state index contributed by atoms with van der Waals surface area (Å²) >= 11 is 6.05. The van der Waals surface area contributed by atoms with Gasteiger partial charge in [-0.1, -0.05) is 85.1 Å². The van der Waals surface area contributed by atoms with Crippen molar-refractivity contribution in [1.82, 2.24) is 10.2 Å². The van der Waals surface area contributed by atoms with Crippen LogP contribution in [0.1, 0.15) is 42.4 Å². The van der Waals surface area contributed by atoms with E-state index < -0.39 is 34.3 Å². The van der Waals surface area contributed by atoms with Crippen molar-refractivity contribution in [2.75, 3.05) is 10.8 Å². The van der Waals surface area contributed by atoms with Crippen LogP contribution < -0.4 is 9.62 Å². The van der Waals surface area contributed by atoms with E-state index in [0.29, 0.717) is 5.02 Å². The zero-order chi connectivity index (χ0) is 32.7. The molecular weight excluding hydrogens is 625 g/mol. The molecule has 1 saturated carbocycles. The highest BCUT2D eigenvalue weighted by molar-refractivity contribution is 7.92. The number of sulfonamides is 1. The van der Waals surface area contributed by atoms with E-state index >= 15 is 4.39 Å². The quantitative estimate of drug-likeness (QED) is 0.184. The number of carbonyl (C=O) groups is 2. The van der Waals surface area contributed by atoms with Crippen LogP contribution in [0.5, 0.6) is 0 Å². The fraction of sp³-hybridized carbons (Fsp3) is 0.278. The molecule has 10 heteroatoms. The van der Waals surface area contributed by atoms with Gasteiger partial charge in [0.15, 0.2) is 0 Å². The zero-order valence-electron chi connectivity index (χ0n) is 25.6. The highest BCUT2D eigenvalue weighted by atomic mass is 35.5. The molecule has 240 valence electrons. The second-order valence-electron chi connectivity index (χ2n) is 11.6. The lowest BCUT2D eigenvalue weighted by atomic mass is 10.0. The van der Waals surface area contributed by atoms with E-state index in [1.165, 1.54) is 35.2 Å². The van der Waals surface area contributed by atoms with Crippen molar-refractivity contribution in [3.8, 4) is 0 Å². The van der Waals surface area contributed by atoms with Crippen LogP contribution in [0.2, 0.25) is 5.02 Å². The summed E-state index contributed by atoms with van der Waals surface area (Å²) in [6.45, 7) is 0.973. The lowest BCUT2D eigenvalue weighted by Crippen LogP contribution is -2.54. The van der Waals surface area contributed by atoms with Crippen LogP contribution in [0.15, 0.2) is 108 Å². The van der Waals surface area contributed by atoms with E-state index in [4.69, 9.17) is 11.6 Å². The van der Waals surface area contributed by atoms with Crippen LogP contribution in [0.4, 0.5) is 10.1 Å². The minimum Gasteiger partial charge on any atom is -0.352 e. The number of nitrogens with zero attached hydrogens (tertiary/aromatic N) is 2. The first-order valence-corrected chi connectivity index (χ1v) is 17.2. The average molecular weight is 662 g/mol. The third-order valence-corrected chi connectivity index (χ3v) is 10.3. The topological polar surface area (TPSA) is 86.8 Å². The Bertz CT molecular complexity index is 1760. The summed E-state index contributed by atoms with van der Waals surface area (Å²) in [4.78, 5) is 29.8. The van der Waals surface area contributed by atoms with E-state index in [0.717, 1.165) is 41.1 Å². The van der Waals surface area contributed by atoms with Gasteiger partial charge >= 0.3 is 0 Å². The summed E-state index contributed by atoms with van der Waals surface area (Å²) in [7, 11) is -4.27. The van der Waals surface area contributed by atoms with Crippen molar-refractivity contribution in [2.24, 2.45) is 0 Å². The molecule has 46 heavy (non-hydrogen) atoms. The Morgan fingerprint density at radius 3 is 2.26 bits per heavy atom. The van der Waals surface area contributed by atoms with Crippen molar-refractivity contribution >= 4 is 39.1 Å². The molecule has 7 nitrogen and oxygen atoms in total. The molecule has 1 aliphatic carbocycles. The lowest BCUT2D eigenvalue weighted by molar-refractivity contribution is -0.140. The fourth-order valence-electron chi connectivity index (χ4n) is 5.78. The Hall–Kier alpha value is -4.21. The minimum atomic E-state index is -4.27. The van der Waals surface area contributed by atoms with Gasteiger partial charge in [-0.15, -0.1) is 0 Å². The summed E-state index contributed by atoms with van der Waals surface area (Å²) in [5.74, 6) is -1.54. The first kappa shape index (κ1) is 33.2. The molecule has 1 N–H and O–H groups in total. The molecule has 0 aromatic heterocycles. The van der Waals surface area contributed by atoms with Crippen molar-refractivity contribution in [2.45, 2.75) is 62.6 Å². The van der Waals surface area contributed by atoms with Gasteiger partial charge in [0.2, 0.25) is 11.8 Å². The number of hydrogen-bond donors (Lipinski definition) is 1. The van der Waals surface area contributed by atoms with Gasteiger partial charge in [0.1, 0.15) is 18.4 Å². The number of amides is 2. The van der Waals surface area contributed by atoms with Crippen molar-refractivity contribution < 1.29 is 22.4 Å². The van der Waals surface area contributed by atoms with E-state index in [-0.39, 0.29) is 41.1 Å². The molecule has 4 aromatic rings. The maximum Gasteiger partial charge on any atom is 0.264 e. The number of rotatable bonds is 12. The van der Waals surface area contributed by atoms with E-state index in [2.05, 4.69) is 5.32 Å². The summed E-state index contributed by atoms with van der Waals surface area (Å²) in [5.41, 5.74) is 2.10. The number of anilines is 1. The molecule has 1 atom stereocenters. The fourth-order valence-corrected chi connectivity index (χ4v) is 7.31. The van der Waals surface area contributed by atoms with Crippen LogP contribution in [0.25, 0.3) is 0 Å². The predicted molar refractivity (Wildman–Crippen MR) is 178 cm³/mol. The maximum absolute atomic E-state index is 15.1. The standard InChI is InChI=1S/C36H37ClFN3O4S/c1-26-10-9-16-31(22-26)41(46(44,45)32-20-18-29(37)19-21-32)25-35(42)40(24-28-13-5-8-17-33(28)38)34(23-27-11-3-2-4-12-27)36(43)39-30-14-6-7-15-30/h2-5,8-13,16-22,30,34H,6-7,14-15,23-25H2,1H3,(H,39,43)/t34-/m0/s1. The van der Waals surface area contributed by atoms with Crippen LogP contribution in [-0.4, -0.2) is 43.8 Å². The molecule has 2 amide bonds. The Kier molecular flexibility index (Phi) is 10.8. The summed E-state index contributed by atoms with van der Waals surface area (Å²) in [6.07, 6.45) is 3.84. The predicted octanol–water partition coefficient (Wildman–Crippen LogP) is 6.68. The van der Waals surface area contributed by atoms with Crippen LogP contribution in [0.3, 0.4) is 0 Å². The lowest BCUT2D eigenvalue weighted by Gasteiger charge is -2.34. The van der Waals surface area contributed by atoms with E-state index in [9.17, 15) is 18.0 Å². The van der Waals surface area contributed by atoms with Gasteiger partial charge in [-0.05, 0) is 73.4 Å². The van der Waals surface area contributed by atoms with Gasteiger partial charge in [0, 0.05) is 29.6 Å². The molecule has 0 radical (unpaired) electrons. The molecule has 0 bridgehead atoms. The van der Waals surface area contributed by atoms with Crippen LogP contribution in [0, 0.1) is 12.7 Å². The highest BCUT2D eigenvalue weighted by Crippen LogP contribution is 2.27. The minimum absolute atomic E-state index is 0.0229. The number of carbonyl (C=O) groups excluding carboxylic acids is 2. The molecule has 5 rings (SSSR count). The third kappa shape index (κ3) is 8.13. The van der Waals surface area contributed by atoms with Gasteiger partial charge in [-0.3, -0.25) is 13.9 Å². The van der Waals surface area contributed by atoms with Crippen LogP contribution in [-0.2, 0) is 32.6 Å². The Balaban J connectivity index is 1.57. The Labute approximate surface area is 275 Å². The number of aryl methyl sites for hydroxylation is 1. The van der Waals surface area contributed by atoms with Crippen molar-refractivity contribution in [3.05, 3.63) is 131 Å². The smallest absolute Gasteiger partial charge is 0.264 e.